The Labute approximate surface area is 96.4 Å². The number of hydrogen-bond donors (Lipinski definition) is 0. The minimum atomic E-state index is 0. The van der Waals surface area contributed by atoms with Crippen LogP contribution in [0.1, 0.15) is 32.6 Å². The van der Waals surface area contributed by atoms with Crippen molar-refractivity contribution in [3.8, 4) is 0 Å². The first-order valence-electron chi connectivity index (χ1n) is 3.69. The van der Waals surface area contributed by atoms with Crippen molar-refractivity contribution in [1.29, 1.82) is 0 Å². The molecule has 0 radical (unpaired) electrons. The van der Waals surface area contributed by atoms with Gasteiger partial charge in [0, 0.05) is 0 Å². The predicted molar refractivity (Wildman–Crippen MR) is 40.0 cm³/mol. The summed E-state index contributed by atoms with van der Waals surface area (Å²) in [6, 6.07) is 0. The summed E-state index contributed by atoms with van der Waals surface area (Å²) in [6.07, 6.45) is 12.5. The van der Waals surface area contributed by atoms with Crippen LogP contribution in [0.4, 0.5) is 0 Å². The van der Waals surface area contributed by atoms with Gasteiger partial charge in [0.05, 0.1) is 0 Å². The monoisotopic (exact) mass is 358 g/mol. The van der Waals surface area contributed by atoms with Crippen molar-refractivity contribution >= 4 is 0 Å². The van der Waals surface area contributed by atoms with Crippen LogP contribution < -0.4 is 14.1 Å². The largest absolute Gasteiger partial charge is 4.00 e. The summed E-state index contributed by atoms with van der Waals surface area (Å²) in [7, 11) is 0. The van der Waals surface area contributed by atoms with Crippen LogP contribution in [0.5, 0.6) is 0 Å². The normalized spacial score (nSPS) is 11.3. The zero-order valence-electron chi connectivity index (χ0n) is 7.62. The molecule has 0 aromatic heterocycles. The van der Waals surface area contributed by atoms with Crippen LogP contribution >= 0.6 is 0 Å². The molecular weight excluding hydrogens is 344 g/mol. The van der Waals surface area contributed by atoms with Gasteiger partial charge in [-0.3, -0.25) is 6.08 Å². The molecule has 0 unspecified atom stereocenters. The number of hydrogen-bond acceptors (Lipinski definition) is 0. The number of allylic oxidation sites excluding steroid dienone is 4. The van der Waals surface area contributed by atoms with Gasteiger partial charge in [-0.05, 0) is 0 Å². The van der Waals surface area contributed by atoms with Gasteiger partial charge in [-0.15, -0.1) is 6.42 Å². The van der Waals surface area contributed by atoms with Gasteiger partial charge in [-0.1, -0.05) is 26.2 Å². The van der Waals surface area contributed by atoms with Gasteiger partial charge in [0.15, 0.2) is 0 Å². The Balaban J connectivity index is -0.000000101. The van der Waals surface area contributed by atoms with Gasteiger partial charge < -0.3 is 14.1 Å². The maximum absolute atomic E-state index is 3.30. The molecule has 0 heterocycles. The SMILES string of the molecule is CCCCC1=[C-]CC=C1.[F-].[F-].[F-].[Hf+4]. The molecule has 1 aliphatic rings. The van der Waals surface area contributed by atoms with E-state index >= 15 is 0 Å². The van der Waals surface area contributed by atoms with E-state index in [0.29, 0.717) is 0 Å². The van der Waals surface area contributed by atoms with E-state index in [1.807, 2.05) is 0 Å². The quantitative estimate of drug-likeness (QED) is 0.349. The molecule has 74 valence electrons. The molecule has 0 nitrogen and oxygen atoms in total. The maximum atomic E-state index is 3.30. The molecule has 0 fully saturated rings. The van der Waals surface area contributed by atoms with Crippen LogP contribution in [0.25, 0.3) is 0 Å². The van der Waals surface area contributed by atoms with Gasteiger partial charge in [0.1, 0.15) is 0 Å². The van der Waals surface area contributed by atoms with Gasteiger partial charge >= 0.3 is 25.8 Å². The minimum absolute atomic E-state index is 0. The molecule has 4 heteroatoms. The molecule has 0 atom stereocenters. The fraction of sp³-hybridized carbons (Fsp3) is 0.556. The van der Waals surface area contributed by atoms with Gasteiger partial charge in [0.2, 0.25) is 0 Å². The average Bonchev–Trinajstić information content (AvgIpc) is 2.34. The van der Waals surface area contributed by atoms with E-state index in [-0.39, 0.29) is 40.0 Å². The van der Waals surface area contributed by atoms with Crippen molar-refractivity contribution in [3.63, 3.8) is 0 Å². The number of rotatable bonds is 3. The topological polar surface area (TPSA) is 0 Å². The van der Waals surface area contributed by atoms with E-state index in [1.54, 1.807) is 0 Å². The molecule has 0 saturated heterocycles. The first-order valence-corrected chi connectivity index (χ1v) is 3.69. The minimum Gasteiger partial charge on any atom is -1.00 e. The van der Waals surface area contributed by atoms with E-state index in [2.05, 4.69) is 25.2 Å². The summed E-state index contributed by atoms with van der Waals surface area (Å²) in [5, 5.41) is 0. The van der Waals surface area contributed by atoms with Crippen molar-refractivity contribution in [1.82, 2.24) is 0 Å². The molecule has 13 heavy (non-hydrogen) atoms. The smallest absolute Gasteiger partial charge is 1.00 e. The molecule has 0 N–H and O–H groups in total. The van der Waals surface area contributed by atoms with Crippen LogP contribution in [0, 0.1) is 6.08 Å². The molecule has 0 aromatic rings. The standard InChI is InChI=1S/C9H13.3FH.Hf/c1-2-3-6-9-7-4-5-8-9;;;;/h4,7H,2-3,5-6H2,1H3;3*1H;/q-1;;;;+4/p-3. The van der Waals surface area contributed by atoms with Crippen molar-refractivity contribution in [2.24, 2.45) is 0 Å². The van der Waals surface area contributed by atoms with Crippen molar-refractivity contribution in [3.05, 3.63) is 23.8 Å². The second kappa shape index (κ2) is 14.7. The fourth-order valence-electron chi connectivity index (χ4n) is 0.989. The molecule has 0 amide bonds. The molecule has 1 rings (SSSR count). The molecule has 0 spiro atoms. The third-order valence-electron chi connectivity index (χ3n) is 1.57. The van der Waals surface area contributed by atoms with Gasteiger partial charge in [0.25, 0.3) is 0 Å². The summed E-state index contributed by atoms with van der Waals surface area (Å²) in [6.45, 7) is 2.22. The van der Waals surface area contributed by atoms with Crippen molar-refractivity contribution in [2.45, 2.75) is 32.6 Å². The average molecular weight is 357 g/mol. The zero-order chi connectivity index (χ0) is 6.53. The zero-order valence-corrected chi connectivity index (χ0v) is 11.2. The second-order valence-corrected chi connectivity index (χ2v) is 2.41. The Morgan fingerprint density at radius 1 is 1.31 bits per heavy atom. The Kier molecular flexibility index (Phi) is 26.1. The Morgan fingerprint density at radius 3 is 2.31 bits per heavy atom. The summed E-state index contributed by atoms with van der Waals surface area (Å²) in [4.78, 5) is 0. The Morgan fingerprint density at radius 2 is 1.92 bits per heavy atom. The van der Waals surface area contributed by atoms with Crippen molar-refractivity contribution < 1.29 is 40.0 Å². The van der Waals surface area contributed by atoms with E-state index in [4.69, 9.17) is 0 Å². The summed E-state index contributed by atoms with van der Waals surface area (Å²) >= 11 is 0. The van der Waals surface area contributed by atoms with E-state index in [0.717, 1.165) is 6.42 Å². The number of halogens is 3. The predicted octanol–water partition coefficient (Wildman–Crippen LogP) is -6.12. The second-order valence-electron chi connectivity index (χ2n) is 2.41. The maximum Gasteiger partial charge on any atom is 4.00 e. The van der Waals surface area contributed by atoms with E-state index < -0.39 is 0 Å². The van der Waals surface area contributed by atoms with Crippen LogP contribution in [0.15, 0.2) is 17.7 Å². The first kappa shape index (κ1) is 23.2. The van der Waals surface area contributed by atoms with Crippen molar-refractivity contribution in [2.75, 3.05) is 0 Å². The molecule has 0 bridgehead atoms. The molecule has 0 saturated carbocycles. The molecule has 0 aliphatic heterocycles. The summed E-state index contributed by atoms with van der Waals surface area (Å²) in [5.74, 6) is 0. The Bertz CT molecular complexity index is 144. The number of unbranched alkanes of at least 4 members (excludes halogenated alkanes) is 1. The van der Waals surface area contributed by atoms with E-state index in [1.165, 1.54) is 24.8 Å². The fourth-order valence-corrected chi connectivity index (χ4v) is 0.989. The molecule has 0 aromatic carbocycles. The molecule has 1 aliphatic carbocycles. The first-order chi connectivity index (χ1) is 4.43. The van der Waals surface area contributed by atoms with Crippen LogP contribution in [0.2, 0.25) is 0 Å². The molecular formula is C9H13F3Hf. The third-order valence-corrected chi connectivity index (χ3v) is 1.57. The Hall–Kier alpha value is 0.140. The van der Waals surface area contributed by atoms with Crippen LogP contribution in [-0.2, 0) is 25.8 Å². The summed E-state index contributed by atoms with van der Waals surface area (Å²) < 4.78 is 0. The van der Waals surface area contributed by atoms with Gasteiger partial charge in [-0.25, -0.2) is 11.6 Å². The van der Waals surface area contributed by atoms with Crippen LogP contribution in [-0.4, -0.2) is 0 Å². The van der Waals surface area contributed by atoms with Gasteiger partial charge in [-0.2, -0.15) is 6.08 Å². The third kappa shape index (κ3) is 10.1. The van der Waals surface area contributed by atoms with Crippen LogP contribution in [0.3, 0.4) is 0 Å². The summed E-state index contributed by atoms with van der Waals surface area (Å²) in [5.41, 5.74) is 1.41. The van der Waals surface area contributed by atoms with E-state index in [9.17, 15) is 0 Å².